The van der Waals surface area contributed by atoms with Crippen molar-refractivity contribution in [3.8, 4) is 0 Å². The van der Waals surface area contributed by atoms with E-state index in [-0.39, 0.29) is 23.4 Å². The van der Waals surface area contributed by atoms with Crippen molar-refractivity contribution in [2.24, 2.45) is 0 Å². The number of aryl methyl sites for hydroxylation is 3. The minimum absolute atomic E-state index is 0.0615. The van der Waals surface area contributed by atoms with E-state index < -0.39 is 28.5 Å². The van der Waals surface area contributed by atoms with E-state index in [0.717, 1.165) is 53.5 Å². The van der Waals surface area contributed by atoms with Gasteiger partial charge >= 0.3 is 0 Å². The smallest absolute Gasteiger partial charge is 0.264 e. The minimum Gasteiger partial charge on any atom is -0.352 e. The van der Waals surface area contributed by atoms with Crippen LogP contribution in [-0.4, -0.2) is 43.8 Å². The SMILES string of the molecule is Cc1cc(C)cc(N(CC(=O)N(Cc2ccccc2C)[C@H](Cc2ccccc2)C(=O)NC2CCCC2)S(=O)(=O)c2ccccc2)c1. The molecule has 8 heteroatoms. The molecule has 4 aromatic rings. The number of sulfonamides is 1. The maximum absolute atomic E-state index is 14.7. The van der Waals surface area contributed by atoms with Crippen LogP contribution >= 0.6 is 0 Å². The average Bonchev–Trinajstić information content (AvgIpc) is 3.55. The second kappa shape index (κ2) is 14.8. The van der Waals surface area contributed by atoms with E-state index in [2.05, 4.69) is 5.32 Å². The average molecular weight is 638 g/mol. The van der Waals surface area contributed by atoms with Gasteiger partial charge in [0.15, 0.2) is 0 Å². The first-order valence-corrected chi connectivity index (χ1v) is 17.4. The van der Waals surface area contributed by atoms with Gasteiger partial charge in [0, 0.05) is 19.0 Å². The van der Waals surface area contributed by atoms with Crippen molar-refractivity contribution < 1.29 is 18.0 Å². The van der Waals surface area contributed by atoms with E-state index in [9.17, 15) is 18.0 Å². The van der Waals surface area contributed by atoms with Gasteiger partial charge in [-0.1, -0.05) is 91.7 Å². The zero-order valence-electron chi connectivity index (χ0n) is 26.9. The Balaban J connectivity index is 1.59. The third kappa shape index (κ3) is 8.04. The number of benzene rings is 4. The first-order chi connectivity index (χ1) is 22.1. The highest BCUT2D eigenvalue weighted by Crippen LogP contribution is 2.27. The summed E-state index contributed by atoms with van der Waals surface area (Å²) in [6, 6.07) is 30.3. The topological polar surface area (TPSA) is 86.8 Å². The Morgan fingerprint density at radius 1 is 0.804 bits per heavy atom. The van der Waals surface area contributed by atoms with Gasteiger partial charge in [0.05, 0.1) is 10.6 Å². The van der Waals surface area contributed by atoms with Crippen molar-refractivity contribution in [2.75, 3.05) is 10.8 Å². The van der Waals surface area contributed by atoms with Crippen LogP contribution in [0.4, 0.5) is 5.69 Å². The van der Waals surface area contributed by atoms with E-state index in [1.165, 1.54) is 16.4 Å². The molecule has 2 amide bonds. The van der Waals surface area contributed by atoms with Gasteiger partial charge in [0.25, 0.3) is 10.0 Å². The second-order valence-electron chi connectivity index (χ2n) is 12.3. The Bertz CT molecular complexity index is 1730. The Hall–Kier alpha value is -4.43. The zero-order chi connectivity index (χ0) is 32.7. The van der Waals surface area contributed by atoms with Gasteiger partial charge in [-0.15, -0.1) is 0 Å². The van der Waals surface area contributed by atoms with Crippen molar-refractivity contribution in [1.29, 1.82) is 0 Å². The molecule has 1 aliphatic carbocycles. The molecule has 1 atom stereocenters. The van der Waals surface area contributed by atoms with E-state index in [1.54, 1.807) is 35.2 Å². The van der Waals surface area contributed by atoms with E-state index >= 15 is 0 Å². The molecule has 1 saturated carbocycles. The summed E-state index contributed by atoms with van der Waals surface area (Å²) in [5.74, 6) is -0.675. The molecule has 0 unspecified atom stereocenters. The molecule has 1 aliphatic rings. The van der Waals surface area contributed by atoms with Crippen molar-refractivity contribution in [2.45, 2.75) is 76.4 Å². The molecule has 46 heavy (non-hydrogen) atoms. The molecule has 7 nitrogen and oxygen atoms in total. The highest BCUT2D eigenvalue weighted by Gasteiger charge is 2.35. The number of anilines is 1. The monoisotopic (exact) mass is 637 g/mol. The molecule has 0 radical (unpaired) electrons. The van der Waals surface area contributed by atoms with Crippen LogP contribution in [0, 0.1) is 20.8 Å². The Labute approximate surface area is 273 Å². The predicted octanol–water partition coefficient (Wildman–Crippen LogP) is 6.51. The number of carbonyl (C=O) groups is 2. The largest absolute Gasteiger partial charge is 0.352 e. The van der Waals surface area contributed by atoms with E-state index in [4.69, 9.17) is 0 Å². The molecule has 0 aliphatic heterocycles. The van der Waals surface area contributed by atoms with Crippen LogP contribution in [0.25, 0.3) is 0 Å². The molecule has 0 bridgehead atoms. The van der Waals surface area contributed by atoms with Gasteiger partial charge in [-0.3, -0.25) is 13.9 Å². The highest BCUT2D eigenvalue weighted by atomic mass is 32.2. The van der Waals surface area contributed by atoms with Gasteiger partial charge in [0.2, 0.25) is 11.8 Å². The number of nitrogens with zero attached hydrogens (tertiary/aromatic N) is 2. The Morgan fingerprint density at radius 3 is 2.02 bits per heavy atom. The quantitative estimate of drug-likeness (QED) is 0.192. The fraction of sp³-hybridized carbons (Fsp3) is 0.316. The van der Waals surface area contributed by atoms with Crippen LogP contribution in [0.3, 0.4) is 0 Å². The number of hydrogen-bond donors (Lipinski definition) is 1. The Kier molecular flexibility index (Phi) is 10.6. The van der Waals surface area contributed by atoms with Gasteiger partial charge in [-0.2, -0.15) is 0 Å². The third-order valence-electron chi connectivity index (χ3n) is 8.68. The fourth-order valence-corrected chi connectivity index (χ4v) is 7.65. The molecule has 0 saturated heterocycles. The molecule has 0 spiro atoms. The molecular formula is C38H43N3O4S. The van der Waals surface area contributed by atoms with Gasteiger partial charge in [0.1, 0.15) is 12.6 Å². The summed E-state index contributed by atoms with van der Waals surface area (Å²) < 4.78 is 29.6. The van der Waals surface area contributed by atoms with Crippen LogP contribution in [-0.2, 0) is 32.6 Å². The van der Waals surface area contributed by atoms with Crippen LogP contribution in [0.2, 0.25) is 0 Å². The predicted molar refractivity (Wildman–Crippen MR) is 183 cm³/mol. The number of amides is 2. The minimum atomic E-state index is -4.14. The normalized spacial score (nSPS) is 14.1. The van der Waals surface area contributed by atoms with Gasteiger partial charge in [-0.25, -0.2) is 8.42 Å². The van der Waals surface area contributed by atoms with Gasteiger partial charge in [-0.05, 0) is 85.7 Å². The molecular weight excluding hydrogens is 595 g/mol. The lowest BCUT2D eigenvalue weighted by Crippen LogP contribution is -2.54. The summed E-state index contributed by atoms with van der Waals surface area (Å²) in [5, 5.41) is 3.23. The first-order valence-electron chi connectivity index (χ1n) is 16.0. The third-order valence-corrected chi connectivity index (χ3v) is 10.5. The van der Waals surface area contributed by atoms with E-state index in [1.807, 2.05) is 81.4 Å². The van der Waals surface area contributed by atoms with Crippen molar-refractivity contribution in [3.05, 3.63) is 131 Å². The van der Waals surface area contributed by atoms with Crippen LogP contribution in [0.1, 0.15) is 53.5 Å². The fourth-order valence-electron chi connectivity index (χ4n) is 6.24. The maximum atomic E-state index is 14.7. The van der Waals surface area contributed by atoms with Crippen molar-refractivity contribution in [1.82, 2.24) is 10.2 Å². The van der Waals surface area contributed by atoms with Gasteiger partial charge < -0.3 is 10.2 Å². The molecule has 1 fully saturated rings. The molecule has 5 rings (SSSR count). The lowest BCUT2D eigenvalue weighted by Gasteiger charge is -2.34. The summed E-state index contributed by atoms with van der Waals surface area (Å²) in [6.07, 6.45) is 4.23. The Morgan fingerprint density at radius 2 is 1.39 bits per heavy atom. The molecule has 4 aromatic carbocycles. The van der Waals surface area contributed by atoms with Crippen molar-refractivity contribution >= 4 is 27.5 Å². The molecule has 1 N–H and O–H groups in total. The molecule has 0 heterocycles. The standard InChI is InChI=1S/C38H43N3O4S/c1-28-22-29(2)24-34(23-28)41(46(44,45)35-20-8-5-9-21-35)27-37(42)40(26-32-17-11-10-14-30(32)3)36(25-31-15-6-4-7-16-31)38(43)39-33-18-12-13-19-33/h4-11,14-17,20-24,33,36H,12-13,18-19,25-27H2,1-3H3,(H,39,43)/t36-/m1/s1. The maximum Gasteiger partial charge on any atom is 0.264 e. The van der Waals surface area contributed by atoms with Crippen LogP contribution < -0.4 is 9.62 Å². The highest BCUT2D eigenvalue weighted by molar-refractivity contribution is 7.92. The summed E-state index contributed by atoms with van der Waals surface area (Å²) in [6.45, 7) is 5.48. The van der Waals surface area contributed by atoms with E-state index in [0.29, 0.717) is 12.1 Å². The van der Waals surface area contributed by atoms with Crippen molar-refractivity contribution in [3.63, 3.8) is 0 Å². The summed E-state index contributed by atoms with van der Waals surface area (Å²) in [4.78, 5) is 30.5. The number of nitrogens with one attached hydrogen (secondary N) is 1. The number of hydrogen-bond acceptors (Lipinski definition) is 4. The number of carbonyl (C=O) groups excluding carboxylic acids is 2. The first kappa shape index (κ1) is 32.9. The zero-order valence-corrected chi connectivity index (χ0v) is 27.7. The lowest BCUT2D eigenvalue weighted by atomic mass is 10.0. The molecule has 0 aromatic heterocycles. The second-order valence-corrected chi connectivity index (χ2v) is 14.2. The lowest BCUT2D eigenvalue weighted by molar-refractivity contribution is -0.140. The number of rotatable bonds is 12. The van der Waals surface area contributed by atoms with Crippen LogP contribution in [0.5, 0.6) is 0 Å². The summed E-state index contributed by atoms with van der Waals surface area (Å²) >= 11 is 0. The van der Waals surface area contributed by atoms with Crippen LogP contribution in [0.15, 0.2) is 108 Å². The molecule has 240 valence electrons. The summed E-state index contributed by atoms with van der Waals surface area (Å²) in [5.41, 5.74) is 4.96. The summed E-state index contributed by atoms with van der Waals surface area (Å²) in [7, 11) is -4.14.